The van der Waals surface area contributed by atoms with Gasteiger partial charge in [-0.25, -0.2) is 4.79 Å². The van der Waals surface area contributed by atoms with Crippen LogP contribution in [-0.4, -0.2) is 12.8 Å². The standard InChI is InChI=1S/C15H17NO3/c1-2-3-6-9-16-14-11-7-4-5-8-13(11)19-15(18)12(14)10-17/h4-5,7-8,10,16H,2-3,6,9H2,1H3. The van der Waals surface area contributed by atoms with Gasteiger partial charge < -0.3 is 9.73 Å². The smallest absolute Gasteiger partial charge is 0.349 e. The van der Waals surface area contributed by atoms with Crippen molar-refractivity contribution in [1.29, 1.82) is 0 Å². The number of anilines is 1. The molecule has 0 atom stereocenters. The molecule has 2 rings (SSSR count). The van der Waals surface area contributed by atoms with Crippen molar-refractivity contribution in [2.75, 3.05) is 11.9 Å². The summed E-state index contributed by atoms with van der Waals surface area (Å²) in [5.74, 6) is 0. The Kier molecular flexibility index (Phi) is 4.34. The van der Waals surface area contributed by atoms with E-state index in [4.69, 9.17) is 4.42 Å². The van der Waals surface area contributed by atoms with Crippen LogP contribution in [0.2, 0.25) is 0 Å². The predicted octanol–water partition coefficient (Wildman–Crippen LogP) is 3.21. The van der Waals surface area contributed by atoms with Crippen LogP contribution in [0.3, 0.4) is 0 Å². The van der Waals surface area contributed by atoms with Crippen molar-refractivity contribution in [3.8, 4) is 0 Å². The highest BCUT2D eigenvalue weighted by Gasteiger charge is 2.13. The van der Waals surface area contributed by atoms with E-state index in [1.54, 1.807) is 12.1 Å². The number of carbonyl (C=O) groups excluding carboxylic acids is 1. The first-order chi connectivity index (χ1) is 9.27. The van der Waals surface area contributed by atoms with Gasteiger partial charge in [0.05, 0.1) is 5.69 Å². The molecule has 100 valence electrons. The fraction of sp³-hybridized carbons (Fsp3) is 0.333. The molecule has 1 N–H and O–H groups in total. The highest BCUT2D eigenvalue weighted by Crippen LogP contribution is 2.24. The first-order valence-electron chi connectivity index (χ1n) is 6.52. The molecule has 0 saturated carbocycles. The molecule has 4 nitrogen and oxygen atoms in total. The first kappa shape index (κ1) is 13.3. The van der Waals surface area contributed by atoms with Gasteiger partial charge in [0.2, 0.25) is 0 Å². The van der Waals surface area contributed by atoms with Crippen molar-refractivity contribution in [3.63, 3.8) is 0 Å². The second-order valence-corrected chi connectivity index (χ2v) is 4.43. The van der Waals surface area contributed by atoms with Crippen LogP contribution in [0, 0.1) is 0 Å². The maximum absolute atomic E-state index is 11.7. The van der Waals surface area contributed by atoms with Gasteiger partial charge in [-0.1, -0.05) is 31.9 Å². The Labute approximate surface area is 111 Å². The topological polar surface area (TPSA) is 59.3 Å². The Morgan fingerprint density at radius 2 is 2.05 bits per heavy atom. The van der Waals surface area contributed by atoms with Crippen LogP contribution in [0.25, 0.3) is 11.0 Å². The molecule has 0 spiro atoms. The molecule has 4 heteroatoms. The molecular weight excluding hydrogens is 242 g/mol. The number of hydrogen-bond donors (Lipinski definition) is 1. The van der Waals surface area contributed by atoms with Gasteiger partial charge in [-0.2, -0.15) is 0 Å². The second-order valence-electron chi connectivity index (χ2n) is 4.43. The van der Waals surface area contributed by atoms with Crippen LogP contribution >= 0.6 is 0 Å². The summed E-state index contributed by atoms with van der Waals surface area (Å²) in [4.78, 5) is 22.8. The van der Waals surface area contributed by atoms with E-state index in [0.717, 1.165) is 31.2 Å². The zero-order valence-corrected chi connectivity index (χ0v) is 10.9. The third-order valence-electron chi connectivity index (χ3n) is 3.05. The van der Waals surface area contributed by atoms with E-state index in [9.17, 15) is 9.59 Å². The largest absolute Gasteiger partial charge is 0.422 e. The lowest BCUT2D eigenvalue weighted by Crippen LogP contribution is -2.13. The number of carbonyl (C=O) groups is 1. The molecule has 1 heterocycles. The Morgan fingerprint density at radius 1 is 1.26 bits per heavy atom. The molecule has 1 aromatic carbocycles. The zero-order valence-electron chi connectivity index (χ0n) is 10.9. The van der Waals surface area contributed by atoms with Crippen molar-refractivity contribution in [3.05, 3.63) is 40.2 Å². The van der Waals surface area contributed by atoms with E-state index in [2.05, 4.69) is 12.2 Å². The van der Waals surface area contributed by atoms with Gasteiger partial charge in [0.15, 0.2) is 6.29 Å². The normalized spacial score (nSPS) is 10.6. The Hall–Kier alpha value is -2.10. The summed E-state index contributed by atoms with van der Waals surface area (Å²) in [6.45, 7) is 2.87. The van der Waals surface area contributed by atoms with Gasteiger partial charge in [0.25, 0.3) is 0 Å². The molecule has 19 heavy (non-hydrogen) atoms. The molecule has 0 amide bonds. The number of aldehydes is 1. The third-order valence-corrected chi connectivity index (χ3v) is 3.05. The molecule has 2 aromatic rings. The maximum Gasteiger partial charge on any atom is 0.349 e. The quantitative estimate of drug-likeness (QED) is 0.491. The van der Waals surface area contributed by atoms with Crippen LogP contribution < -0.4 is 10.9 Å². The number of benzene rings is 1. The summed E-state index contributed by atoms with van der Waals surface area (Å²) >= 11 is 0. The van der Waals surface area contributed by atoms with Gasteiger partial charge in [0.1, 0.15) is 11.1 Å². The van der Waals surface area contributed by atoms with E-state index in [0.29, 0.717) is 17.6 Å². The van der Waals surface area contributed by atoms with Crippen molar-refractivity contribution in [2.45, 2.75) is 26.2 Å². The molecule has 0 aliphatic carbocycles. The van der Waals surface area contributed by atoms with E-state index in [-0.39, 0.29) is 5.56 Å². The summed E-state index contributed by atoms with van der Waals surface area (Å²) in [6.07, 6.45) is 3.80. The lowest BCUT2D eigenvalue weighted by molar-refractivity contribution is 0.112. The van der Waals surface area contributed by atoms with Crippen molar-refractivity contribution in [2.24, 2.45) is 0 Å². The summed E-state index contributed by atoms with van der Waals surface area (Å²) in [5.41, 5.74) is 0.552. The minimum atomic E-state index is -0.591. The number of rotatable bonds is 6. The van der Waals surface area contributed by atoms with Crippen LogP contribution in [0.1, 0.15) is 36.5 Å². The van der Waals surface area contributed by atoms with Crippen molar-refractivity contribution in [1.82, 2.24) is 0 Å². The molecular formula is C15H17NO3. The Balaban J connectivity index is 2.42. The van der Waals surface area contributed by atoms with E-state index in [1.165, 1.54) is 0 Å². The predicted molar refractivity (Wildman–Crippen MR) is 75.9 cm³/mol. The minimum Gasteiger partial charge on any atom is -0.422 e. The van der Waals surface area contributed by atoms with Crippen LogP contribution in [0.4, 0.5) is 5.69 Å². The monoisotopic (exact) mass is 259 g/mol. The van der Waals surface area contributed by atoms with Gasteiger partial charge in [-0.3, -0.25) is 4.79 Å². The molecule has 0 bridgehead atoms. The van der Waals surface area contributed by atoms with E-state index in [1.807, 2.05) is 12.1 Å². The number of para-hydroxylation sites is 1. The van der Waals surface area contributed by atoms with Crippen molar-refractivity contribution >= 4 is 22.9 Å². The zero-order chi connectivity index (χ0) is 13.7. The highest BCUT2D eigenvalue weighted by atomic mass is 16.4. The lowest BCUT2D eigenvalue weighted by Gasteiger charge is -2.10. The van der Waals surface area contributed by atoms with Crippen LogP contribution in [0.5, 0.6) is 0 Å². The lowest BCUT2D eigenvalue weighted by atomic mass is 10.1. The second kappa shape index (κ2) is 6.18. The number of hydrogen-bond acceptors (Lipinski definition) is 4. The van der Waals surface area contributed by atoms with Gasteiger partial charge >= 0.3 is 5.63 Å². The summed E-state index contributed by atoms with van der Waals surface area (Å²) in [7, 11) is 0. The molecule has 0 fully saturated rings. The van der Waals surface area contributed by atoms with Gasteiger partial charge in [-0.15, -0.1) is 0 Å². The van der Waals surface area contributed by atoms with Crippen LogP contribution in [-0.2, 0) is 0 Å². The summed E-state index contributed by atoms with van der Waals surface area (Å²) < 4.78 is 5.12. The summed E-state index contributed by atoms with van der Waals surface area (Å²) in [5, 5.41) is 3.96. The molecule has 0 radical (unpaired) electrons. The highest BCUT2D eigenvalue weighted by molar-refractivity contribution is 5.98. The Bertz CT molecular complexity index is 631. The fourth-order valence-corrected chi connectivity index (χ4v) is 2.05. The maximum atomic E-state index is 11.7. The van der Waals surface area contributed by atoms with Crippen LogP contribution in [0.15, 0.2) is 33.5 Å². The van der Waals surface area contributed by atoms with E-state index >= 15 is 0 Å². The van der Waals surface area contributed by atoms with E-state index < -0.39 is 5.63 Å². The molecule has 0 aliphatic rings. The third kappa shape index (κ3) is 2.84. The fourth-order valence-electron chi connectivity index (χ4n) is 2.05. The molecule has 0 saturated heterocycles. The average molecular weight is 259 g/mol. The molecule has 0 aliphatic heterocycles. The number of unbranched alkanes of at least 4 members (excludes halogenated alkanes) is 2. The molecule has 0 unspecified atom stereocenters. The Morgan fingerprint density at radius 3 is 2.79 bits per heavy atom. The minimum absolute atomic E-state index is 0.0650. The SMILES string of the molecule is CCCCCNc1c(C=O)c(=O)oc2ccccc12. The number of nitrogens with one attached hydrogen (secondary N) is 1. The van der Waals surface area contributed by atoms with Gasteiger partial charge in [-0.05, 0) is 18.6 Å². The van der Waals surface area contributed by atoms with Crippen molar-refractivity contribution < 1.29 is 9.21 Å². The number of fused-ring (bicyclic) bond motifs is 1. The molecule has 1 aromatic heterocycles. The summed E-state index contributed by atoms with van der Waals surface area (Å²) in [6, 6.07) is 7.22. The first-order valence-corrected chi connectivity index (χ1v) is 6.52. The van der Waals surface area contributed by atoms with Gasteiger partial charge in [0, 0.05) is 11.9 Å². The average Bonchev–Trinajstić information content (AvgIpc) is 2.43.